The van der Waals surface area contributed by atoms with Gasteiger partial charge in [-0.3, -0.25) is 9.59 Å². The first-order valence-corrected chi connectivity index (χ1v) is 25.6. The summed E-state index contributed by atoms with van der Waals surface area (Å²) in [6.45, 7) is 26.8. The highest BCUT2D eigenvalue weighted by atomic mass is 16.5. The largest absolute Gasteiger partial charge is 0.477 e. The fourth-order valence-corrected chi connectivity index (χ4v) is 8.15. The van der Waals surface area contributed by atoms with Crippen LogP contribution in [0.3, 0.4) is 0 Å². The van der Waals surface area contributed by atoms with Crippen molar-refractivity contribution >= 4 is 23.5 Å². The van der Waals surface area contributed by atoms with Crippen molar-refractivity contribution in [1.82, 2.24) is 19.8 Å². The van der Waals surface area contributed by atoms with Crippen molar-refractivity contribution in [2.75, 3.05) is 54.5 Å². The summed E-state index contributed by atoms with van der Waals surface area (Å²) in [5.41, 5.74) is 1.78. The molecule has 0 saturated carbocycles. The molecular formula is C60H84N4O8. The van der Waals surface area contributed by atoms with Crippen molar-refractivity contribution in [3.8, 4) is 23.3 Å². The average Bonchev–Trinajstić information content (AvgIpc) is 3.28. The summed E-state index contributed by atoms with van der Waals surface area (Å²) >= 11 is 0. The Kier molecular flexibility index (Phi) is 21.1. The number of hydrogen-bond donors (Lipinski definition) is 0. The number of ether oxygens (including phenoxy) is 4. The minimum absolute atomic E-state index is 0.259. The third kappa shape index (κ3) is 17.5. The third-order valence-electron chi connectivity index (χ3n) is 12.2. The molecule has 0 radical (unpaired) electrons. The molecule has 0 spiro atoms. The van der Waals surface area contributed by atoms with Gasteiger partial charge in [0.15, 0.2) is 11.6 Å². The topological polar surface area (TPSA) is 137 Å². The van der Waals surface area contributed by atoms with Crippen LogP contribution in [0.15, 0.2) is 73.1 Å². The molecule has 0 N–H and O–H groups in total. The highest BCUT2D eigenvalue weighted by Gasteiger charge is 2.33. The van der Waals surface area contributed by atoms with Crippen LogP contribution in [0.4, 0.5) is 0 Å². The van der Waals surface area contributed by atoms with Crippen molar-refractivity contribution < 1.29 is 38.1 Å². The van der Waals surface area contributed by atoms with Gasteiger partial charge in [0.25, 0.3) is 0 Å². The van der Waals surface area contributed by atoms with Gasteiger partial charge >= 0.3 is 11.9 Å². The second kappa shape index (κ2) is 25.8. The first kappa shape index (κ1) is 58.8. The second-order valence-electron chi connectivity index (χ2n) is 23.5. The van der Waals surface area contributed by atoms with Gasteiger partial charge in [0, 0.05) is 57.9 Å². The molecule has 12 heteroatoms. The zero-order chi connectivity index (χ0) is 53.6. The summed E-state index contributed by atoms with van der Waals surface area (Å²) in [6.07, 6.45) is 13.5. The van der Waals surface area contributed by atoms with Gasteiger partial charge in [0.2, 0.25) is 11.8 Å². The van der Waals surface area contributed by atoms with Gasteiger partial charge < -0.3 is 28.7 Å². The van der Waals surface area contributed by atoms with E-state index in [0.717, 1.165) is 76.6 Å². The number of pyridine rings is 2. The van der Waals surface area contributed by atoms with E-state index >= 15 is 0 Å². The predicted octanol–water partition coefficient (Wildman–Crippen LogP) is 12.2. The molecule has 0 aliphatic rings. The number of carbonyl (C=O) groups excluding carboxylic acids is 4. The number of unbranched alkanes of at least 4 members (excludes halogenated alkanes) is 6. The smallest absolute Gasteiger partial charge is 0.336 e. The monoisotopic (exact) mass is 989 g/mol. The van der Waals surface area contributed by atoms with Gasteiger partial charge in [0.1, 0.15) is 11.5 Å². The fraction of sp³-hybridized carbons (Fsp3) is 0.533. The van der Waals surface area contributed by atoms with E-state index in [1.54, 1.807) is 60.9 Å². The first-order chi connectivity index (χ1) is 33.6. The van der Waals surface area contributed by atoms with Crippen LogP contribution in [0, 0.1) is 0 Å². The molecule has 2 aromatic carbocycles. The number of esters is 2. The fourth-order valence-electron chi connectivity index (χ4n) is 8.15. The van der Waals surface area contributed by atoms with Gasteiger partial charge in [-0.25, -0.2) is 19.6 Å². The van der Waals surface area contributed by atoms with Gasteiger partial charge in [-0.05, 0) is 137 Å². The molecule has 2 aromatic heterocycles. The summed E-state index contributed by atoms with van der Waals surface area (Å²) in [6, 6.07) is 14.0. The van der Waals surface area contributed by atoms with Crippen LogP contribution >= 0.6 is 0 Å². The molecule has 0 aliphatic heterocycles. The van der Waals surface area contributed by atoms with Gasteiger partial charge in [-0.2, -0.15) is 0 Å². The van der Waals surface area contributed by atoms with E-state index in [1.165, 1.54) is 0 Å². The maximum Gasteiger partial charge on any atom is 0.336 e. The Balaban J connectivity index is 1.61. The normalized spacial score (nSPS) is 12.4. The molecule has 0 fully saturated rings. The second-order valence-corrected chi connectivity index (χ2v) is 23.5. The van der Waals surface area contributed by atoms with E-state index in [0.29, 0.717) is 69.2 Å². The maximum atomic E-state index is 14.4. The molecule has 0 bridgehead atoms. The van der Waals surface area contributed by atoms with E-state index in [-0.39, 0.29) is 23.3 Å². The zero-order valence-electron chi connectivity index (χ0n) is 46.5. The Morgan fingerprint density at radius 3 is 1.07 bits per heavy atom. The van der Waals surface area contributed by atoms with Crippen LogP contribution in [0.5, 0.6) is 23.3 Å². The molecule has 0 atom stereocenters. The Morgan fingerprint density at radius 2 is 0.778 bits per heavy atom. The Morgan fingerprint density at radius 1 is 0.472 bits per heavy atom. The average molecular weight is 989 g/mol. The predicted molar refractivity (Wildman–Crippen MR) is 288 cm³/mol. The van der Waals surface area contributed by atoms with Crippen LogP contribution in [0.2, 0.25) is 0 Å². The molecule has 0 unspecified atom stereocenters. The van der Waals surface area contributed by atoms with Crippen molar-refractivity contribution in [3.63, 3.8) is 0 Å². The number of carbonyl (C=O) groups is 4. The van der Waals surface area contributed by atoms with E-state index in [4.69, 9.17) is 18.9 Å². The number of rotatable bonds is 24. The molecule has 4 rings (SSSR count). The molecule has 12 nitrogen and oxygen atoms in total. The van der Waals surface area contributed by atoms with Crippen LogP contribution < -0.4 is 18.9 Å². The van der Waals surface area contributed by atoms with Crippen molar-refractivity contribution in [2.45, 2.75) is 156 Å². The minimum atomic E-state index is -0.793. The van der Waals surface area contributed by atoms with Gasteiger partial charge in [0.05, 0.1) is 24.3 Å². The lowest BCUT2D eigenvalue weighted by atomic mass is 9.77. The van der Waals surface area contributed by atoms with Gasteiger partial charge in [-0.1, -0.05) is 109 Å². The summed E-state index contributed by atoms with van der Waals surface area (Å²) in [5, 5.41) is 0. The number of hydrogen-bond acceptors (Lipinski definition) is 12. The minimum Gasteiger partial charge on any atom is -0.477 e. The highest BCUT2D eigenvalue weighted by molar-refractivity contribution is 6.11. The Hall–Kier alpha value is -5.72. The van der Waals surface area contributed by atoms with Crippen molar-refractivity contribution in [3.05, 3.63) is 118 Å². The number of aromatic nitrogens is 2. The van der Waals surface area contributed by atoms with Crippen LogP contribution in [-0.2, 0) is 31.2 Å². The molecule has 392 valence electrons. The zero-order valence-corrected chi connectivity index (χ0v) is 46.5. The summed E-state index contributed by atoms with van der Waals surface area (Å²) in [5.74, 6) is -0.913. The Bertz CT molecular complexity index is 2270. The van der Waals surface area contributed by atoms with E-state index < -0.39 is 33.6 Å². The molecular weight excluding hydrogens is 905 g/mol. The molecule has 0 aliphatic carbocycles. The summed E-state index contributed by atoms with van der Waals surface area (Å²) in [4.78, 5) is 69.7. The van der Waals surface area contributed by atoms with Crippen molar-refractivity contribution in [2.24, 2.45) is 0 Å². The number of benzene rings is 2. The molecule has 72 heavy (non-hydrogen) atoms. The van der Waals surface area contributed by atoms with E-state index in [1.807, 2.05) is 83.1 Å². The molecule has 4 aromatic rings. The lowest BCUT2D eigenvalue weighted by molar-refractivity contribution is -0.131. The lowest BCUT2D eigenvalue weighted by Gasteiger charge is -2.30. The standard InChI is InChI=1S/C60H84N4O8/c1-57(2,3)45-37-41(51(67)43-27-25-31-61-55(43)69-35-23-19-17-21-33-63(13)14)38-46(58(4,5)6)53(45)71-49(65)29-30-50(66)72-54-47(59(7,8)9)39-42(40-48(54)60(10,11)12)52(68)44-28-26-32-62-56(44)70-36-24-20-18-22-34-64(15)16/h25-32,37-40H,17-24,33-36H2,1-16H3/b30-29+. The SMILES string of the molecule is CN(C)CCCCCCOc1ncccc1C(=O)c1cc(C(C)(C)C)c(OC(=O)/C=C/C(=O)Oc2c(C(C)(C)C)cc(C(=O)c3cccnc3OCCCCCCN(C)C)cc2C(C)(C)C)c(C(C)(C)C)c1. The van der Waals surface area contributed by atoms with E-state index in [9.17, 15) is 19.2 Å². The van der Waals surface area contributed by atoms with Gasteiger partial charge in [-0.15, -0.1) is 0 Å². The van der Waals surface area contributed by atoms with E-state index in [2.05, 4.69) is 48.0 Å². The molecule has 2 heterocycles. The molecule has 0 saturated heterocycles. The van der Waals surface area contributed by atoms with Crippen molar-refractivity contribution in [1.29, 1.82) is 0 Å². The first-order valence-electron chi connectivity index (χ1n) is 25.6. The van der Waals surface area contributed by atoms with Crippen LogP contribution in [0.1, 0.15) is 189 Å². The lowest BCUT2D eigenvalue weighted by Crippen LogP contribution is -2.23. The van der Waals surface area contributed by atoms with Crippen LogP contribution in [0.25, 0.3) is 0 Å². The summed E-state index contributed by atoms with van der Waals surface area (Å²) in [7, 11) is 8.29. The molecule has 0 amide bonds. The van der Waals surface area contributed by atoms with Crippen LogP contribution in [-0.4, -0.2) is 97.8 Å². The quantitative estimate of drug-likeness (QED) is 0.0217. The summed E-state index contributed by atoms with van der Waals surface area (Å²) < 4.78 is 24.5. The Labute approximate surface area is 431 Å². The number of ketones is 2. The highest BCUT2D eigenvalue weighted by Crippen LogP contribution is 2.43. The number of nitrogens with zero attached hydrogens (tertiary/aromatic N) is 4. The third-order valence-corrected chi connectivity index (χ3v) is 12.2. The maximum absolute atomic E-state index is 14.4.